The first kappa shape index (κ1) is 18.6. The van der Waals surface area contributed by atoms with E-state index >= 15 is 0 Å². The molecule has 0 amide bonds. The number of anilines is 4. The molecule has 2 heterocycles. The zero-order valence-electron chi connectivity index (χ0n) is 16.2. The van der Waals surface area contributed by atoms with Gasteiger partial charge in [0.25, 0.3) is 0 Å². The molecule has 0 unspecified atom stereocenters. The van der Waals surface area contributed by atoms with Gasteiger partial charge in [0.1, 0.15) is 17.5 Å². The van der Waals surface area contributed by atoms with Crippen molar-refractivity contribution >= 4 is 34.6 Å². The lowest BCUT2D eigenvalue weighted by molar-refractivity contribution is 0.646. The van der Waals surface area contributed by atoms with Crippen molar-refractivity contribution in [2.75, 3.05) is 41.3 Å². The Kier molecular flexibility index (Phi) is 5.35. The monoisotopic (exact) mass is 393 g/mol. The number of hydrogen-bond acceptors (Lipinski definition) is 5. The molecule has 0 saturated carbocycles. The number of aromatic nitrogens is 2. The molecule has 4 rings (SSSR count). The van der Waals surface area contributed by atoms with Crippen molar-refractivity contribution in [3.05, 3.63) is 71.0 Å². The maximum atomic E-state index is 6.27. The van der Waals surface area contributed by atoms with Gasteiger partial charge in [-0.1, -0.05) is 35.9 Å². The van der Waals surface area contributed by atoms with E-state index in [9.17, 15) is 0 Å². The first-order valence-corrected chi connectivity index (χ1v) is 9.90. The molecule has 1 aromatic heterocycles. The Hall–Kier alpha value is -2.79. The predicted octanol–water partition coefficient (Wildman–Crippen LogP) is 4.82. The quantitative estimate of drug-likeness (QED) is 0.688. The molecule has 1 N–H and O–H groups in total. The zero-order chi connectivity index (χ0) is 19.5. The van der Waals surface area contributed by atoms with Crippen LogP contribution in [0.15, 0.2) is 54.6 Å². The van der Waals surface area contributed by atoms with E-state index in [2.05, 4.69) is 56.3 Å². The molecule has 1 aliphatic rings. The maximum Gasteiger partial charge on any atom is 0.136 e. The van der Waals surface area contributed by atoms with Gasteiger partial charge >= 0.3 is 0 Å². The lowest BCUT2D eigenvalue weighted by atomic mass is 10.2. The van der Waals surface area contributed by atoms with Crippen LogP contribution in [0.3, 0.4) is 0 Å². The smallest absolute Gasteiger partial charge is 0.136 e. The summed E-state index contributed by atoms with van der Waals surface area (Å²) in [5, 5.41) is 3.99. The molecular weight excluding hydrogens is 370 g/mol. The van der Waals surface area contributed by atoms with Gasteiger partial charge in [-0.15, -0.1) is 0 Å². The Morgan fingerprint density at radius 1 is 0.857 bits per heavy atom. The molecule has 1 fully saturated rings. The molecule has 2 aromatic carbocycles. The molecule has 0 spiro atoms. The van der Waals surface area contributed by atoms with E-state index in [4.69, 9.17) is 11.6 Å². The van der Waals surface area contributed by atoms with Crippen LogP contribution in [0, 0.1) is 13.8 Å². The first-order valence-electron chi connectivity index (χ1n) is 9.52. The molecule has 0 aliphatic carbocycles. The van der Waals surface area contributed by atoms with Crippen LogP contribution in [0.1, 0.15) is 11.4 Å². The lowest BCUT2D eigenvalue weighted by Crippen LogP contribution is -2.47. The summed E-state index contributed by atoms with van der Waals surface area (Å²) in [7, 11) is 0. The molecule has 6 heteroatoms. The maximum absolute atomic E-state index is 6.27. The van der Waals surface area contributed by atoms with Gasteiger partial charge < -0.3 is 15.1 Å². The minimum Gasteiger partial charge on any atom is -0.368 e. The Bertz CT molecular complexity index is 967. The van der Waals surface area contributed by atoms with Gasteiger partial charge in [-0.25, -0.2) is 9.97 Å². The van der Waals surface area contributed by atoms with Crippen molar-refractivity contribution in [3.8, 4) is 0 Å². The van der Waals surface area contributed by atoms with Crippen LogP contribution >= 0.6 is 11.6 Å². The van der Waals surface area contributed by atoms with Crippen LogP contribution in [-0.2, 0) is 0 Å². The van der Waals surface area contributed by atoms with Crippen molar-refractivity contribution in [3.63, 3.8) is 0 Å². The standard InChI is InChI=1S/C22H24ClN5/c1-16-6-5-7-18(14-16)27-10-12-28(13-11-27)22-15-21(24-17(2)25-22)26-20-9-4-3-8-19(20)23/h3-9,14-15H,10-13H2,1-2H3,(H,24,25,26). The summed E-state index contributed by atoms with van der Waals surface area (Å²) in [5.41, 5.74) is 3.43. The molecule has 0 bridgehead atoms. The number of para-hydroxylation sites is 1. The molecule has 0 atom stereocenters. The second-order valence-corrected chi connectivity index (χ2v) is 7.48. The van der Waals surface area contributed by atoms with Crippen LogP contribution in [-0.4, -0.2) is 36.1 Å². The predicted molar refractivity (Wildman–Crippen MR) is 117 cm³/mol. The van der Waals surface area contributed by atoms with Crippen LogP contribution in [0.25, 0.3) is 0 Å². The van der Waals surface area contributed by atoms with Crippen molar-refractivity contribution in [2.24, 2.45) is 0 Å². The van der Waals surface area contributed by atoms with Crippen molar-refractivity contribution < 1.29 is 0 Å². The minimum absolute atomic E-state index is 0.673. The SMILES string of the molecule is Cc1cccc(N2CCN(c3cc(Nc4ccccc4Cl)nc(C)n3)CC2)c1. The van der Waals surface area contributed by atoms with E-state index in [1.165, 1.54) is 11.3 Å². The highest BCUT2D eigenvalue weighted by atomic mass is 35.5. The number of rotatable bonds is 4. The summed E-state index contributed by atoms with van der Waals surface area (Å²) in [5.74, 6) is 2.45. The van der Waals surface area contributed by atoms with Crippen LogP contribution in [0.4, 0.5) is 23.0 Å². The number of nitrogens with one attached hydrogen (secondary N) is 1. The summed E-state index contributed by atoms with van der Waals surface area (Å²) < 4.78 is 0. The third-order valence-corrected chi connectivity index (χ3v) is 5.26. The largest absolute Gasteiger partial charge is 0.368 e. The fourth-order valence-electron chi connectivity index (χ4n) is 3.50. The highest BCUT2D eigenvalue weighted by Crippen LogP contribution is 2.26. The summed E-state index contributed by atoms with van der Waals surface area (Å²) in [6, 6.07) is 18.4. The van der Waals surface area contributed by atoms with E-state index in [1.807, 2.05) is 37.3 Å². The topological polar surface area (TPSA) is 44.3 Å². The Morgan fingerprint density at radius 3 is 2.36 bits per heavy atom. The van der Waals surface area contributed by atoms with Crippen LogP contribution < -0.4 is 15.1 Å². The normalized spacial score (nSPS) is 14.2. The van der Waals surface area contributed by atoms with E-state index < -0.39 is 0 Å². The Labute approximate surface area is 171 Å². The van der Waals surface area contributed by atoms with Gasteiger partial charge in [-0.05, 0) is 43.7 Å². The average molecular weight is 394 g/mol. The lowest BCUT2D eigenvalue weighted by Gasteiger charge is -2.37. The molecule has 0 radical (unpaired) electrons. The van der Waals surface area contributed by atoms with E-state index in [1.54, 1.807) is 0 Å². The molecular formula is C22H24ClN5. The zero-order valence-corrected chi connectivity index (χ0v) is 16.9. The number of aryl methyl sites for hydroxylation is 2. The van der Waals surface area contributed by atoms with Gasteiger partial charge in [-0.2, -0.15) is 0 Å². The van der Waals surface area contributed by atoms with Gasteiger partial charge in [0.15, 0.2) is 0 Å². The summed E-state index contributed by atoms with van der Waals surface area (Å²) in [4.78, 5) is 13.9. The van der Waals surface area contributed by atoms with Gasteiger partial charge in [0.05, 0.1) is 10.7 Å². The van der Waals surface area contributed by atoms with Crippen molar-refractivity contribution in [1.82, 2.24) is 9.97 Å². The Balaban J connectivity index is 1.48. The van der Waals surface area contributed by atoms with Crippen LogP contribution in [0.2, 0.25) is 5.02 Å². The van der Waals surface area contributed by atoms with Gasteiger partial charge in [0.2, 0.25) is 0 Å². The molecule has 1 aliphatic heterocycles. The second kappa shape index (κ2) is 8.07. The average Bonchev–Trinajstić information content (AvgIpc) is 2.69. The summed E-state index contributed by atoms with van der Waals surface area (Å²) in [6.07, 6.45) is 0. The van der Waals surface area contributed by atoms with E-state index in [0.717, 1.165) is 49.3 Å². The van der Waals surface area contributed by atoms with Crippen molar-refractivity contribution in [1.29, 1.82) is 0 Å². The molecule has 144 valence electrons. The summed E-state index contributed by atoms with van der Waals surface area (Å²) >= 11 is 6.27. The number of nitrogens with zero attached hydrogens (tertiary/aromatic N) is 4. The highest BCUT2D eigenvalue weighted by molar-refractivity contribution is 6.33. The second-order valence-electron chi connectivity index (χ2n) is 7.08. The minimum atomic E-state index is 0.673. The summed E-state index contributed by atoms with van der Waals surface area (Å²) in [6.45, 7) is 7.85. The van der Waals surface area contributed by atoms with Crippen LogP contribution in [0.5, 0.6) is 0 Å². The number of hydrogen-bond donors (Lipinski definition) is 1. The first-order chi connectivity index (χ1) is 13.6. The van der Waals surface area contributed by atoms with Gasteiger partial charge in [0, 0.05) is 37.9 Å². The van der Waals surface area contributed by atoms with Gasteiger partial charge in [-0.3, -0.25) is 0 Å². The third-order valence-electron chi connectivity index (χ3n) is 4.93. The third kappa shape index (κ3) is 4.20. The molecule has 1 saturated heterocycles. The fourth-order valence-corrected chi connectivity index (χ4v) is 3.68. The molecule has 5 nitrogen and oxygen atoms in total. The van der Waals surface area contributed by atoms with E-state index in [-0.39, 0.29) is 0 Å². The fraction of sp³-hybridized carbons (Fsp3) is 0.273. The molecule has 28 heavy (non-hydrogen) atoms. The van der Waals surface area contributed by atoms with Crippen molar-refractivity contribution in [2.45, 2.75) is 13.8 Å². The number of benzene rings is 2. The Morgan fingerprint density at radius 2 is 1.61 bits per heavy atom. The number of piperazine rings is 1. The van der Waals surface area contributed by atoms with E-state index in [0.29, 0.717) is 5.02 Å². The highest BCUT2D eigenvalue weighted by Gasteiger charge is 2.19. The number of halogens is 1. The molecule has 3 aromatic rings.